The van der Waals surface area contributed by atoms with Gasteiger partial charge in [-0.2, -0.15) is 0 Å². The average molecular weight is 351 g/mol. The van der Waals surface area contributed by atoms with Gasteiger partial charge in [-0.25, -0.2) is 0 Å². The monoisotopic (exact) mass is 351 g/mol. The first-order valence-corrected chi connectivity index (χ1v) is 6.68. The van der Waals surface area contributed by atoms with Crippen molar-refractivity contribution in [2.24, 2.45) is 5.92 Å². The third-order valence-corrected chi connectivity index (χ3v) is 3.62. The van der Waals surface area contributed by atoms with Gasteiger partial charge in [-0.3, -0.25) is 4.90 Å². The molecule has 1 saturated heterocycles. The van der Waals surface area contributed by atoms with Gasteiger partial charge in [-0.1, -0.05) is 54.6 Å². The fourth-order valence-corrected chi connectivity index (χ4v) is 2.77. The van der Waals surface area contributed by atoms with Crippen molar-refractivity contribution in [2.45, 2.75) is 19.0 Å². The van der Waals surface area contributed by atoms with Gasteiger partial charge in [0, 0.05) is 29.7 Å². The topological polar surface area (TPSA) is 62.9 Å². The number of allylic oxidation sites excluding steroid dienone is 2. The summed E-state index contributed by atoms with van der Waals surface area (Å²) in [5.41, 5.74) is 1.42. The molecule has 1 aromatic rings. The molecule has 120 valence electrons. The molecule has 1 heterocycles. The second kappa shape index (κ2) is 15.3. The number of likely N-dealkylation sites (tertiary alicyclic amines) is 1. The van der Waals surface area contributed by atoms with Crippen molar-refractivity contribution in [3.05, 3.63) is 80.2 Å². The van der Waals surface area contributed by atoms with Gasteiger partial charge < -0.3 is 0 Å². The molecule has 0 bridgehead atoms. The molecule has 2 aliphatic rings. The molecule has 1 fully saturated rings. The van der Waals surface area contributed by atoms with Crippen molar-refractivity contribution in [1.29, 1.82) is 0 Å². The zero-order valence-electron chi connectivity index (χ0n) is 12.5. The van der Waals surface area contributed by atoms with E-state index >= 15 is 0 Å². The Morgan fingerprint density at radius 1 is 0.913 bits per heavy atom. The van der Waals surface area contributed by atoms with Gasteiger partial charge in [0.15, 0.2) is 0 Å². The minimum atomic E-state index is 0. The van der Waals surface area contributed by atoms with E-state index in [-0.39, 0.29) is 17.1 Å². The first-order valence-electron chi connectivity index (χ1n) is 6.68. The number of benzene rings is 1. The number of rotatable bonds is 2. The van der Waals surface area contributed by atoms with Crippen LogP contribution in [0, 0.1) is 25.9 Å². The molecule has 1 aromatic carbocycles. The van der Waals surface area contributed by atoms with Crippen molar-refractivity contribution in [1.82, 2.24) is 4.90 Å². The number of hydrogen-bond donors (Lipinski definition) is 0. The summed E-state index contributed by atoms with van der Waals surface area (Å²) in [7, 11) is 0. The van der Waals surface area contributed by atoms with Crippen LogP contribution in [0.4, 0.5) is 0 Å². The van der Waals surface area contributed by atoms with Crippen LogP contribution in [0.5, 0.6) is 0 Å². The molecule has 5 heteroatoms. The maximum absolute atomic E-state index is 7.50. The Morgan fingerprint density at radius 3 is 2.09 bits per heavy atom. The molecule has 0 saturated carbocycles. The van der Waals surface area contributed by atoms with E-state index < -0.39 is 0 Å². The van der Waals surface area contributed by atoms with Gasteiger partial charge in [0.05, 0.1) is 0 Å². The Morgan fingerprint density at radius 2 is 1.48 bits per heavy atom. The van der Waals surface area contributed by atoms with Crippen molar-refractivity contribution >= 4 is 0 Å². The summed E-state index contributed by atoms with van der Waals surface area (Å²) in [6, 6.07) is 11.4. The van der Waals surface area contributed by atoms with Crippen LogP contribution in [0.1, 0.15) is 12.0 Å². The second-order valence-corrected chi connectivity index (χ2v) is 4.67. The molecule has 0 amide bonds. The average Bonchev–Trinajstić information content (AvgIpc) is 3.04. The number of fused-ring (bicyclic) bond motifs is 1. The van der Waals surface area contributed by atoms with Gasteiger partial charge in [0.1, 0.15) is 0 Å². The van der Waals surface area contributed by atoms with Crippen molar-refractivity contribution in [3.63, 3.8) is 0 Å². The Balaban J connectivity index is 0. The van der Waals surface area contributed by atoms with Gasteiger partial charge >= 0.3 is 33.9 Å². The number of nitrogens with zero attached hydrogens (tertiary/aromatic N) is 1. The van der Waals surface area contributed by atoms with Crippen LogP contribution in [0.3, 0.4) is 0 Å². The normalized spacial score (nSPS) is 19.9. The fraction of sp³-hybridized carbons (Fsp3) is 0.278. The largest absolute Gasteiger partial charge is 0 e. The van der Waals surface area contributed by atoms with E-state index in [9.17, 15) is 0 Å². The molecular formula is C18H17FeNO3. The molecule has 0 radical (unpaired) electrons. The Hall–Kier alpha value is -1.60. The molecule has 0 N–H and O–H groups in total. The Labute approximate surface area is 147 Å². The van der Waals surface area contributed by atoms with Crippen molar-refractivity contribution in [2.75, 3.05) is 6.54 Å². The van der Waals surface area contributed by atoms with Crippen LogP contribution in [-0.2, 0) is 37.6 Å². The molecular weight excluding hydrogens is 334 g/mol. The Bertz CT molecular complexity index is 520. The van der Waals surface area contributed by atoms with E-state index in [0.717, 1.165) is 12.5 Å². The molecule has 0 spiro atoms. The molecule has 23 heavy (non-hydrogen) atoms. The summed E-state index contributed by atoms with van der Waals surface area (Å²) < 4.78 is 22.5. The first-order chi connectivity index (χ1) is 10.9. The summed E-state index contributed by atoms with van der Waals surface area (Å²) in [5, 5.41) is 0. The smallest absolute Gasteiger partial charge is 0 e. The van der Waals surface area contributed by atoms with Crippen molar-refractivity contribution < 1.29 is 31.0 Å². The minimum absolute atomic E-state index is 0. The van der Waals surface area contributed by atoms with Crippen LogP contribution in [0.25, 0.3) is 0 Å². The molecule has 1 aliphatic carbocycles. The summed E-state index contributed by atoms with van der Waals surface area (Å²) >= 11 is 0. The SMILES string of the molecule is C1=C[C@H]2CCN(Cc3ccccc3)[C@H]2C=C1.[C-]#[O+].[C-]#[O+].[C-]#[O+].[Fe]. The molecule has 1 aliphatic heterocycles. The third-order valence-electron chi connectivity index (χ3n) is 3.62. The van der Waals surface area contributed by atoms with Crippen LogP contribution < -0.4 is 0 Å². The zero-order chi connectivity index (χ0) is 16.8. The standard InChI is InChI=1S/C15H17N.3CO.Fe/c1-2-6-13(7-3-1)12-16-11-10-14-8-4-5-9-15(14)16;3*1-2;/h1-9,14-15H,10-12H2;;;;/t14-,15-;;;;/m0..../s1. The fourth-order valence-electron chi connectivity index (χ4n) is 2.77. The van der Waals surface area contributed by atoms with E-state index in [1.807, 2.05) is 0 Å². The molecule has 2 atom stereocenters. The van der Waals surface area contributed by atoms with Crippen LogP contribution in [-0.4, -0.2) is 17.5 Å². The minimum Gasteiger partial charge on any atom is 0 e. The summed E-state index contributed by atoms with van der Waals surface area (Å²) in [4.78, 5) is 2.58. The summed E-state index contributed by atoms with van der Waals surface area (Å²) in [6.07, 6.45) is 10.4. The van der Waals surface area contributed by atoms with E-state index in [0.29, 0.717) is 6.04 Å². The maximum atomic E-state index is 7.50. The first kappa shape index (κ1) is 23.7. The van der Waals surface area contributed by atoms with Gasteiger partial charge in [-0.05, 0) is 24.4 Å². The Kier molecular flexibility index (Phi) is 15.7. The quantitative estimate of drug-likeness (QED) is 0.459. The molecule has 3 rings (SSSR count). The van der Waals surface area contributed by atoms with Gasteiger partial charge in [0.25, 0.3) is 0 Å². The van der Waals surface area contributed by atoms with E-state index in [2.05, 4.69) is 79.5 Å². The zero-order valence-corrected chi connectivity index (χ0v) is 13.6. The molecule has 0 unspecified atom stereocenters. The predicted molar refractivity (Wildman–Crippen MR) is 78.8 cm³/mol. The van der Waals surface area contributed by atoms with E-state index in [1.54, 1.807) is 0 Å². The van der Waals surface area contributed by atoms with E-state index in [4.69, 9.17) is 14.0 Å². The molecule has 0 aromatic heterocycles. The summed E-state index contributed by atoms with van der Waals surface area (Å²) in [5.74, 6) is 0.744. The van der Waals surface area contributed by atoms with Crippen LogP contribution in [0.15, 0.2) is 54.6 Å². The van der Waals surface area contributed by atoms with Gasteiger partial charge in [-0.15, -0.1) is 0 Å². The predicted octanol–water partition coefficient (Wildman–Crippen LogP) is 2.89. The van der Waals surface area contributed by atoms with E-state index in [1.165, 1.54) is 18.5 Å². The summed E-state index contributed by atoms with van der Waals surface area (Å²) in [6.45, 7) is 15.8. The van der Waals surface area contributed by atoms with Crippen LogP contribution in [0.2, 0.25) is 0 Å². The third kappa shape index (κ3) is 7.47. The molecule has 4 nitrogen and oxygen atoms in total. The maximum Gasteiger partial charge on any atom is 0 e. The second-order valence-electron chi connectivity index (χ2n) is 4.67. The van der Waals surface area contributed by atoms with Gasteiger partial charge in [0.2, 0.25) is 0 Å². The number of hydrogen-bond acceptors (Lipinski definition) is 1. The van der Waals surface area contributed by atoms with Crippen LogP contribution >= 0.6 is 0 Å². The van der Waals surface area contributed by atoms with Crippen molar-refractivity contribution in [3.8, 4) is 0 Å².